The van der Waals surface area contributed by atoms with Gasteiger partial charge < -0.3 is 10.2 Å². The van der Waals surface area contributed by atoms with Crippen LogP contribution in [0.4, 0.5) is 0 Å². The van der Waals surface area contributed by atoms with Gasteiger partial charge in [-0.1, -0.05) is 124 Å². The van der Waals surface area contributed by atoms with Crippen molar-refractivity contribution in [2.75, 3.05) is 0 Å². The number of aliphatic hydroxyl groups is 2. The molecule has 6 saturated carbocycles. The molecule has 0 aromatic carbocycles. The molecule has 0 aromatic heterocycles. The average Bonchev–Trinajstić information content (AvgIpc) is 3.69. The lowest BCUT2D eigenvalue weighted by Crippen LogP contribution is -2.53. The van der Waals surface area contributed by atoms with Crippen LogP contribution in [0.2, 0.25) is 0 Å². The average molecular weight is 771 g/mol. The highest BCUT2D eigenvalue weighted by molar-refractivity contribution is 5.28. The first kappa shape index (κ1) is 42.1. The first-order valence-corrected chi connectivity index (χ1v) is 25.3. The zero-order valence-electron chi connectivity index (χ0n) is 38.3. The molecule has 0 aromatic rings. The summed E-state index contributed by atoms with van der Waals surface area (Å²) in [5.41, 5.74) is 5.02. The van der Waals surface area contributed by atoms with E-state index < -0.39 is 0 Å². The van der Waals surface area contributed by atoms with Crippen LogP contribution in [-0.4, -0.2) is 22.4 Å². The Kier molecular flexibility index (Phi) is 12.0. The number of aliphatic hydroxyl groups excluding tert-OH is 2. The van der Waals surface area contributed by atoms with Crippen LogP contribution in [0.25, 0.3) is 0 Å². The number of hydrogen-bond donors (Lipinski definition) is 2. The second kappa shape index (κ2) is 16.0. The minimum atomic E-state index is -0.120. The number of rotatable bonds is 12. The van der Waals surface area contributed by atoms with Gasteiger partial charge in [0, 0.05) is 0 Å². The molecule has 18 atom stereocenters. The van der Waals surface area contributed by atoms with Gasteiger partial charge in [-0.3, -0.25) is 0 Å². The van der Waals surface area contributed by atoms with E-state index in [1.807, 2.05) is 0 Å². The molecular formula is C54H90O2. The Morgan fingerprint density at radius 2 is 1.14 bits per heavy atom. The summed E-state index contributed by atoms with van der Waals surface area (Å²) >= 11 is 0. The van der Waals surface area contributed by atoms with E-state index in [1.54, 1.807) is 11.1 Å². The molecule has 0 amide bonds. The lowest BCUT2D eigenvalue weighted by molar-refractivity contribution is -0.0788. The number of hydrogen-bond acceptors (Lipinski definition) is 2. The molecule has 0 saturated heterocycles. The quantitative estimate of drug-likeness (QED) is 0.194. The molecule has 8 aliphatic carbocycles. The molecule has 3 unspecified atom stereocenters. The van der Waals surface area contributed by atoms with Gasteiger partial charge in [0.05, 0.1) is 12.2 Å². The molecule has 0 heterocycles. The molecule has 2 nitrogen and oxygen atoms in total. The zero-order valence-corrected chi connectivity index (χ0v) is 38.3. The maximum absolute atomic E-state index is 10.9. The summed E-state index contributed by atoms with van der Waals surface area (Å²) in [6.45, 7) is 23.5. The van der Waals surface area contributed by atoms with Crippen molar-refractivity contribution >= 4 is 0 Å². The third kappa shape index (κ3) is 7.23. The Balaban J connectivity index is 0.913. The Bertz CT molecular complexity index is 1440. The van der Waals surface area contributed by atoms with Crippen LogP contribution in [0.5, 0.6) is 0 Å². The van der Waals surface area contributed by atoms with Crippen molar-refractivity contribution < 1.29 is 10.2 Å². The Labute approximate surface area is 346 Å². The van der Waals surface area contributed by atoms with Crippen LogP contribution in [0.1, 0.15) is 204 Å². The smallest absolute Gasteiger partial charge is 0.0577 e. The van der Waals surface area contributed by atoms with Crippen LogP contribution in [0.3, 0.4) is 0 Å². The molecule has 2 heteroatoms. The molecule has 0 radical (unpaired) electrons. The van der Waals surface area contributed by atoms with Gasteiger partial charge in [-0.05, 0) is 201 Å². The summed E-state index contributed by atoms with van der Waals surface area (Å²) in [6, 6.07) is 0. The van der Waals surface area contributed by atoms with Gasteiger partial charge in [-0.15, -0.1) is 0 Å². The molecule has 8 rings (SSSR count). The summed E-state index contributed by atoms with van der Waals surface area (Å²) < 4.78 is 0. The predicted octanol–water partition coefficient (Wildman–Crippen LogP) is 14.4. The van der Waals surface area contributed by atoms with Crippen LogP contribution in [0, 0.1) is 98.6 Å². The van der Waals surface area contributed by atoms with E-state index in [2.05, 4.69) is 74.5 Å². The standard InChI is InChI=1S/C54H90O2/c1-34(2)12-10-14-36(4)45-19-21-48-50-38(31-40-33-42(56)23-27-52(40,7)49(50)25-29-54(45,48)9)30-35(3)13-11-15-37(5)44-18-20-46-43-17-16-39-32-41(55)22-26-51(39,6)47(43)24-28-53(44,46)8/h16,31,34-38,41-50,55-56H,10-15,17-30,32-33H2,1-9H3/t35?,36-,37-,38?,41+,42?,43+,44-,45-,46+,47+,48+,49+,50+,51+,52+,53-,54-/m1/s1. The van der Waals surface area contributed by atoms with Crippen molar-refractivity contribution in [2.45, 2.75) is 216 Å². The molecule has 318 valence electrons. The molecule has 6 fully saturated rings. The first-order chi connectivity index (χ1) is 26.6. The Hall–Kier alpha value is -0.600. The van der Waals surface area contributed by atoms with Crippen molar-refractivity contribution in [3.63, 3.8) is 0 Å². The Morgan fingerprint density at radius 3 is 1.79 bits per heavy atom. The molecule has 0 spiro atoms. The normalized spacial score (nSPS) is 48.7. The largest absolute Gasteiger partial charge is 0.393 e. The summed E-state index contributed by atoms with van der Waals surface area (Å²) in [5.74, 6) is 11.0. The number of fused-ring (bicyclic) bond motifs is 10. The third-order valence-electron chi connectivity index (χ3n) is 21.3. The van der Waals surface area contributed by atoms with Crippen LogP contribution < -0.4 is 0 Å². The fourth-order valence-electron chi connectivity index (χ4n) is 18.2. The maximum atomic E-state index is 10.9. The van der Waals surface area contributed by atoms with E-state index in [1.165, 1.54) is 116 Å². The zero-order chi connectivity index (χ0) is 39.8. The topological polar surface area (TPSA) is 40.5 Å². The lowest BCUT2D eigenvalue weighted by atomic mass is 9.44. The molecule has 2 N–H and O–H groups in total. The highest BCUT2D eigenvalue weighted by Crippen LogP contribution is 2.70. The number of allylic oxidation sites excluding steroid dienone is 2. The predicted molar refractivity (Wildman–Crippen MR) is 236 cm³/mol. The van der Waals surface area contributed by atoms with Gasteiger partial charge in [-0.2, -0.15) is 0 Å². The molecular weight excluding hydrogens is 681 g/mol. The van der Waals surface area contributed by atoms with Crippen molar-refractivity contribution in [2.24, 2.45) is 98.6 Å². The van der Waals surface area contributed by atoms with E-state index >= 15 is 0 Å². The van der Waals surface area contributed by atoms with E-state index in [-0.39, 0.29) is 12.2 Å². The molecule has 0 aliphatic heterocycles. The summed E-state index contributed by atoms with van der Waals surface area (Å²) in [7, 11) is 0. The van der Waals surface area contributed by atoms with Gasteiger partial charge in [0.25, 0.3) is 0 Å². The fourth-order valence-corrected chi connectivity index (χ4v) is 18.2. The van der Waals surface area contributed by atoms with E-state index in [9.17, 15) is 10.2 Å². The van der Waals surface area contributed by atoms with Gasteiger partial charge in [0.1, 0.15) is 0 Å². The lowest BCUT2D eigenvalue weighted by Gasteiger charge is -2.60. The van der Waals surface area contributed by atoms with Crippen molar-refractivity contribution in [1.29, 1.82) is 0 Å². The highest BCUT2D eigenvalue weighted by atomic mass is 16.3. The highest BCUT2D eigenvalue weighted by Gasteiger charge is 2.62. The van der Waals surface area contributed by atoms with Crippen molar-refractivity contribution in [1.82, 2.24) is 0 Å². The molecule has 8 aliphatic rings. The van der Waals surface area contributed by atoms with Crippen molar-refractivity contribution in [3.05, 3.63) is 23.3 Å². The second-order valence-corrected chi connectivity index (χ2v) is 24.6. The SMILES string of the molecule is CC(C)CCC[C@@H](C)[C@H]1CC[C@H]2[C@@H]3C(CC(C)CCC[C@@H](C)[C@H]4CC[C@H]5[C@@H]6CC=C7C[C@@H](O)CC[C@]7(C)[C@H]6CC[C@]45C)C=C4CC(O)CC[C@]4(C)[C@H]3CC[C@]12C. The minimum Gasteiger partial charge on any atom is -0.393 e. The van der Waals surface area contributed by atoms with Gasteiger partial charge in [-0.25, -0.2) is 0 Å². The van der Waals surface area contributed by atoms with E-state index in [0.717, 1.165) is 96.7 Å². The van der Waals surface area contributed by atoms with Crippen LogP contribution in [-0.2, 0) is 0 Å². The van der Waals surface area contributed by atoms with E-state index in [0.29, 0.717) is 27.6 Å². The second-order valence-electron chi connectivity index (χ2n) is 24.6. The summed E-state index contributed by atoms with van der Waals surface area (Å²) in [6.07, 6.45) is 34.4. The summed E-state index contributed by atoms with van der Waals surface area (Å²) in [4.78, 5) is 0. The fraction of sp³-hybridized carbons (Fsp3) is 0.926. The van der Waals surface area contributed by atoms with Gasteiger partial charge in [0.15, 0.2) is 0 Å². The maximum Gasteiger partial charge on any atom is 0.0577 e. The third-order valence-corrected chi connectivity index (χ3v) is 21.3. The van der Waals surface area contributed by atoms with Crippen molar-refractivity contribution in [3.8, 4) is 0 Å². The first-order valence-electron chi connectivity index (χ1n) is 25.3. The molecule has 56 heavy (non-hydrogen) atoms. The minimum absolute atomic E-state index is 0.0985. The van der Waals surface area contributed by atoms with Gasteiger partial charge in [0.2, 0.25) is 0 Å². The van der Waals surface area contributed by atoms with E-state index in [4.69, 9.17) is 0 Å². The van der Waals surface area contributed by atoms with Crippen LogP contribution in [0.15, 0.2) is 23.3 Å². The Morgan fingerprint density at radius 1 is 0.589 bits per heavy atom. The van der Waals surface area contributed by atoms with Gasteiger partial charge >= 0.3 is 0 Å². The summed E-state index contributed by atoms with van der Waals surface area (Å²) in [5, 5.41) is 21.4. The van der Waals surface area contributed by atoms with Crippen LogP contribution >= 0.6 is 0 Å². The monoisotopic (exact) mass is 771 g/mol. The molecule has 0 bridgehead atoms.